The Labute approximate surface area is 244 Å². The Hall–Kier alpha value is -4.01. The molecule has 0 radical (unpaired) electrons. The van der Waals surface area contributed by atoms with Crippen LogP contribution < -0.4 is 20.9 Å². The minimum atomic E-state index is -4.39. The second kappa shape index (κ2) is 11.2. The molecule has 2 aliphatic heterocycles. The number of aromatic nitrogens is 6. The lowest BCUT2D eigenvalue weighted by atomic mass is 10.0. The first-order valence-electron chi connectivity index (χ1n) is 14.2. The molecular weight excluding hydrogens is 571 g/mol. The predicted octanol–water partition coefficient (Wildman–Crippen LogP) is 5.21. The normalized spacial score (nSPS) is 18.2. The van der Waals surface area contributed by atoms with E-state index in [1.54, 1.807) is 16.9 Å². The van der Waals surface area contributed by atoms with Gasteiger partial charge in [0, 0.05) is 73.5 Å². The molecule has 0 bridgehead atoms. The Morgan fingerprint density at radius 2 is 1.86 bits per heavy atom. The molecule has 0 unspecified atom stereocenters. The van der Waals surface area contributed by atoms with Crippen LogP contribution in [0.4, 0.5) is 45.1 Å². The maximum absolute atomic E-state index is 13.1. The number of anilines is 4. The van der Waals surface area contributed by atoms with Gasteiger partial charge in [0.25, 0.3) is 0 Å². The highest BCUT2D eigenvalue weighted by molar-refractivity contribution is 5.90. The third-order valence-corrected chi connectivity index (χ3v) is 7.81. The largest absolute Gasteiger partial charge is 0.408 e. The number of nitrogens with zero attached hydrogens (tertiary/aromatic N) is 8. The molecule has 1 atom stereocenters. The standard InChI is InChI=1S/C28H33F5N10/c1-16(2)43-26-20(27(39-43)41-11-18(12-41)25(29)30)5-6-23(38-26)37-24-8-22(40-7-3-4-19(34)14-40)21(10-35-24)17-9-36-42(13-17)15-28(31,32)33/h5-6,8-10,13,16,18-19,25H,3-4,7,11-12,14-15,34H2,1-2H3,(H,35,37,38)/t19-/m0/s1. The van der Waals surface area contributed by atoms with Crippen molar-refractivity contribution in [1.82, 2.24) is 29.5 Å². The maximum atomic E-state index is 13.1. The highest BCUT2D eigenvalue weighted by atomic mass is 19.4. The van der Waals surface area contributed by atoms with Crippen molar-refractivity contribution >= 4 is 34.2 Å². The fourth-order valence-electron chi connectivity index (χ4n) is 5.64. The van der Waals surface area contributed by atoms with Crippen LogP contribution in [0, 0.1) is 5.92 Å². The predicted molar refractivity (Wildman–Crippen MR) is 154 cm³/mol. The van der Waals surface area contributed by atoms with Gasteiger partial charge in [-0.25, -0.2) is 23.4 Å². The number of nitrogens with one attached hydrogen (secondary N) is 1. The fraction of sp³-hybridized carbons (Fsp3) is 0.500. The monoisotopic (exact) mass is 604 g/mol. The number of nitrogens with two attached hydrogens (primary N) is 1. The number of pyridine rings is 2. The lowest BCUT2D eigenvalue weighted by Crippen LogP contribution is -2.50. The van der Waals surface area contributed by atoms with E-state index >= 15 is 0 Å². The van der Waals surface area contributed by atoms with Gasteiger partial charge < -0.3 is 20.9 Å². The van der Waals surface area contributed by atoms with Gasteiger partial charge in [0.15, 0.2) is 11.5 Å². The third kappa shape index (κ3) is 6.08. The fourth-order valence-corrected chi connectivity index (χ4v) is 5.64. The number of halogens is 5. The number of hydrogen-bond donors (Lipinski definition) is 2. The molecule has 0 amide bonds. The smallest absolute Gasteiger partial charge is 0.369 e. The molecule has 0 spiro atoms. The topological polar surface area (TPSA) is 106 Å². The maximum Gasteiger partial charge on any atom is 0.408 e. The van der Waals surface area contributed by atoms with Gasteiger partial charge in [-0.2, -0.15) is 23.4 Å². The lowest BCUT2D eigenvalue weighted by molar-refractivity contribution is -0.142. The summed E-state index contributed by atoms with van der Waals surface area (Å²) in [6, 6.07) is 5.45. The molecule has 0 saturated carbocycles. The zero-order chi connectivity index (χ0) is 30.5. The minimum absolute atomic E-state index is 0.0169. The molecule has 4 aromatic rings. The first-order valence-corrected chi connectivity index (χ1v) is 14.2. The second-order valence-corrected chi connectivity index (χ2v) is 11.5. The van der Waals surface area contributed by atoms with Crippen LogP contribution in [0.2, 0.25) is 0 Å². The van der Waals surface area contributed by atoms with E-state index < -0.39 is 25.1 Å². The van der Waals surface area contributed by atoms with Crippen molar-refractivity contribution in [2.75, 3.05) is 41.3 Å². The van der Waals surface area contributed by atoms with Crippen molar-refractivity contribution in [2.24, 2.45) is 11.7 Å². The van der Waals surface area contributed by atoms with Gasteiger partial charge in [0.1, 0.15) is 18.2 Å². The molecule has 2 saturated heterocycles. The van der Waals surface area contributed by atoms with E-state index in [2.05, 4.69) is 20.3 Å². The first-order chi connectivity index (χ1) is 20.4. The van der Waals surface area contributed by atoms with Crippen LogP contribution in [0.15, 0.2) is 36.8 Å². The molecule has 0 aromatic carbocycles. The van der Waals surface area contributed by atoms with Crippen molar-refractivity contribution in [2.45, 2.75) is 57.9 Å². The van der Waals surface area contributed by atoms with Crippen molar-refractivity contribution < 1.29 is 22.0 Å². The van der Waals surface area contributed by atoms with E-state index in [0.717, 1.165) is 35.1 Å². The number of alkyl halides is 5. The molecule has 2 aliphatic rings. The number of piperidine rings is 1. The van der Waals surface area contributed by atoms with Crippen LogP contribution in [0.3, 0.4) is 0 Å². The summed E-state index contributed by atoms with van der Waals surface area (Å²) >= 11 is 0. The summed E-state index contributed by atoms with van der Waals surface area (Å²) < 4.78 is 67.7. The minimum Gasteiger partial charge on any atom is -0.369 e. The zero-order valence-electron chi connectivity index (χ0n) is 23.8. The van der Waals surface area contributed by atoms with Gasteiger partial charge in [-0.3, -0.25) is 4.68 Å². The van der Waals surface area contributed by atoms with Crippen LogP contribution in [-0.2, 0) is 6.54 Å². The van der Waals surface area contributed by atoms with E-state index in [1.807, 2.05) is 30.9 Å². The molecule has 4 aromatic heterocycles. The number of hydrogen-bond acceptors (Lipinski definition) is 8. The quantitative estimate of drug-likeness (QED) is 0.264. The van der Waals surface area contributed by atoms with E-state index in [4.69, 9.17) is 15.8 Å². The molecule has 2 fully saturated rings. The first kappa shape index (κ1) is 29.1. The Morgan fingerprint density at radius 3 is 2.56 bits per heavy atom. The van der Waals surface area contributed by atoms with Gasteiger partial charge in [-0.1, -0.05) is 0 Å². The lowest BCUT2D eigenvalue weighted by Gasteiger charge is -2.39. The summed E-state index contributed by atoms with van der Waals surface area (Å²) in [5.74, 6) is 0.974. The molecule has 3 N–H and O–H groups in total. The number of rotatable bonds is 8. The summed E-state index contributed by atoms with van der Waals surface area (Å²) in [5, 5.41) is 12.6. The Bertz CT molecular complexity index is 1590. The summed E-state index contributed by atoms with van der Waals surface area (Å²) in [5.41, 5.74) is 8.83. The Kier molecular flexibility index (Phi) is 7.60. The molecule has 43 heavy (non-hydrogen) atoms. The van der Waals surface area contributed by atoms with Gasteiger partial charge in [0.2, 0.25) is 6.43 Å². The molecule has 6 heterocycles. The molecule has 6 rings (SSSR count). The van der Waals surface area contributed by atoms with Crippen LogP contribution >= 0.6 is 0 Å². The van der Waals surface area contributed by atoms with Gasteiger partial charge >= 0.3 is 6.18 Å². The highest BCUT2D eigenvalue weighted by Crippen LogP contribution is 2.37. The van der Waals surface area contributed by atoms with Crippen molar-refractivity contribution in [3.8, 4) is 11.1 Å². The molecular formula is C28H33F5N10. The zero-order valence-corrected chi connectivity index (χ0v) is 23.8. The third-order valence-electron chi connectivity index (χ3n) is 7.81. The summed E-state index contributed by atoms with van der Waals surface area (Å²) in [6.45, 7) is 4.59. The van der Waals surface area contributed by atoms with Crippen LogP contribution in [0.1, 0.15) is 32.7 Å². The van der Waals surface area contributed by atoms with Crippen LogP contribution in [0.25, 0.3) is 22.2 Å². The second-order valence-electron chi connectivity index (χ2n) is 11.5. The van der Waals surface area contributed by atoms with Gasteiger partial charge in [-0.15, -0.1) is 0 Å². The van der Waals surface area contributed by atoms with Gasteiger partial charge in [0.05, 0.1) is 17.5 Å². The molecule has 10 nitrogen and oxygen atoms in total. The average Bonchev–Trinajstić information content (AvgIpc) is 3.51. The molecule has 230 valence electrons. The average molecular weight is 605 g/mol. The van der Waals surface area contributed by atoms with Crippen LogP contribution in [0.5, 0.6) is 0 Å². The van der Waals surface area contributed by atoms with Crippen LogP contribution in [-0.4, -0.2) is 74.4 Å². The highest BCUT2D eigenvalue weighted by Gasteiger charge is 2.36. The SMILES string of the molecule is CC(C)n1nc(N2CC(C(F)F)C2)c2ccc(Nc3cc(N4CCC[C@H](N)C4)c(-c4cnn(CC(F)(F)F)c4)cn3)nc21. The summed E-state index contributed by atoms with van der Waals surface area (Å²) in [7, 11) is 0. The molecule has 0 aliphatic carbocycles. The Morgan fingerprint density at radius 1 is 1.07 bits per heavy atom. The van der Waals surface area contributed by atoms with E-state index in [-0.39, 0.29) is 25.2 Å². The summed E-state index contributed by atoms with van der Waals surface area (Å²) in [4.78, 5) is 13.3. The van der Waals surface area contributed by atoms with Crippen molar-refractivity contribution in [3.63, 3.8) is 0 Å². The van der Waals surface area contributed by atoms with E-state index in [9.17, 15) is 22.0 Å². The molecule has 15 heteroatoms. The summed E-state index contributed by atoms with van der Waals surface area (Å²) in [6.07, 6.45) is -0.580. The number of fused-ring (bicyclic) bond motifs is 1. The Balaban J connectivity index is 1.31. The van der Waals surface area contributed by atoms with E-state index in [0.29, 0.717) is 40.8 Å². The van der Waals surface area contributed by atoms with Crippen molar-refractivity contribution in [3.05, 3.63) is 36.8 Å². The van der Waals surface area contributed by atoms with Crippen molar-refractivity contribution in [1.29, 1.82) is 0 Å². The van der Waals surface area contributed by atoms with E-state index in [1.165, 1.54) is 12.4 Å². The van der Waals surface area contributed by atoms with Gasteiger partial charge in [-0.05, 0) is 38.8 Å².